The number of benzene rings is 1. The molecule has 0 N–H and O–H groups in total. The smallest absolute Gasteiger partial charge is 0.277 e. The van der Waals surface area contributed by atoms with Crippen molar-refractivity contribution in [3.05, 3.63) is 52.1 Å². The molecule has 0 spiro atoms. The third-order valence-electron chi connectivity index (χ3n) is 4.85. The number of rotatable bonds is 2. The van der Waals surface area contributed by atoms with Gasteiger partial charge in [0, 0.05) is 23.2 Å². The zero-order valence-electron chi connectivity index (χ0n) is 13.4. The van der Waals surface area contributed by atoms with Crippen LogP contribution < -0.4 is 0 Å². The van der Waals surface area contributed by atoms with Crippen LogP contribution in [0.4, 0.5) is 0 Å². The molecule has 1 aromatic carbocycles. The lowest BCUT2D eigenvalue weighted by Crippen LogP contribution is -2.39. The number of fused-ring (bicyclic) bond motifs is 1. The second-order valence-electron chi connectivity index (χ2n) is 6.37. The summed E-state index contributed by atoms with van der Waals surface area (Å²) < 4.78 is 0. The quantitative estimate of drug-likeness (QED) is 0.721. The van der Waals surface area contributed by atoms with Crippen molar-refractivity contribution in [2.75, 3.05) is 6.54 Å². The van der Waals surface area contributed by atoms with Gasteiger partial charge in [0.05, 0.1) is 5.02 Å². The normalized spacial score (nSPS) is 20.5. The highest BCUT2D eigenvalue weighted by Crippen LogP contribution is 2.36. The molecule has 1 fully saturated rings. The molecule has 2 heterocycles. The van der Waals surface area contributed by atoms with Gasteiger partial charge >= 0.3 is 0 Å². The Kier molecular flexibility index (Phi) is 4.42. The van der Waals surface area contributed by atoms with Gasteiger partial charge in [0.25, 0.3) is 5.91 Å². The van der Waals surface area contributed by atoms with Crippen LogP contribution in [0.1, 0.15) is 42.6 Å². The van der Waals surface area contributed by atoms with E-state index in [1.165, 1.54) is 36.3 Å². The number of piperidine rings is 1. The standard InChI is InChI=1S/C19H19ClN2OS/c20-15-9-3-2-8-14(15)18-21-16(12-24-18)19(23)22-11-5-7-13-6-1-4-10-17(13)22/h2-3,8-10,12-13H,1,4-7,11H2. The number of nitrogens with zero attached hydrogens (tertiary/aromatic N) is 2. The molecule has 2 aromatic rings. The van der Waals surface area contributed by atoms with Gasteiger partial charge < -0.3 is 4.90 Å². The first-order valence-corrected chi connectivity index (χ1v) is 9.72. The van der Waals surface area contributed by atoms with E-state index in [2.05, 4.69) is 11.1 Å². The van der Waals surface area contributed by atoms with E-state index >= 15 is 0 Å². The molecule has 4 rings (SSSR count). The maximum Gasteiger partial charge on any atom is 0.277 e. The zero-order valence-corrected chi connectivity index (χ0v) is 14.9. The summed E-state index contributed by atoms with van der Waals surface area (Å²) in [7, 11) is 0. The summed E-state index contributed by atoms with van der Waals surface area (Å²) in [6, 6.07) is 7.62. The number of likely N-dealkylation sites (tertiary alicyclic amines) is 1. The summed E-state index contributed by atoms with van der Waals surface area (Å²) in [4.78, 5) is 19.5. The third kappa shape index (κ3) is 2.89. The van der Waals surface area contributed by atoms with E-state index in [0.717, 1.165) is 30.0 Å². The largest absolute Gasteiger partial charge is 0.311 e. The number of halogens is 1. The van der Waals surface area contributed by atoms with Crippen LogP contribution in [-0.4, -0.2) is 22.3 Å². The highest BCUT2D eigenvalue weighted by Gasteiger charge is 2.31. The van der Waals surface area contributed by atoms with Crippen LogP contribution in [0.25, 0.3) is 10.6 Å². The summed E-state index contributed by atoms with van der Waals surface area (Å²) in [5, 5.41) is 3.32. The summed E-state index contributed by atoms with van der Waals surface area (Å²) in [5.74, 6) is 0.584. The predicted octanol–water partition coefficient (Wildman–Crippen LogP) is 5.38. The van der Waals surface area contributed by atoms with E-state index in [4.69, 9.17) is 11.6 Å². The lowest BCUT2D eigenvalue weighted by atomic mass is 9.85. The molecule has 3 nitrogen and oxygen atoms in total. The lowest BCUT2D eigenvalue weighted by Gasteiger charge is -2.37. The summed E-state index contributed by atoms with van der Waals surface area (Å²) in [6.07, 6.45) is 8.07. The van der Waals surface area contributed by atoms with E-state index in [0.29, 0.717) is 16.6 Å². The molecule has 1 aliphatic carbocycles. The van der Waals surface area contributed by atoms with Crippen LogP contribution >= 0.6 is 22.9 Å². The molecule has 1 aromatic heterocycles. The number of allylic oxidation sites excluding steroid dienone is 2. The minimum Gasteiger partial charge on any atom is -0.311 e. The molecule has 1 unspecified atom stereocenters. The van der Waals surface area contributed by atoms with Crippen molar-refractivity contribution in [3.8, 4) is 10.6 Å². The van der Waals surface area contributed by atoms with Crippen molar-refractivity contribution < 1.29 is 4.79 Å². The Hall–Kier alpha value is -1.65. The van der Waals surface area contributed by atoms with Crippen LogP contribution in [0.5, 0.6) is 0 Å². The van der Waals surface area contributed by atoms with Crippen molar-refractivity contribution in [2.24, 2.45) is 5.92 Å². The average molecular weight is 359 g/mol. The molecule has 124 valence electrons. The van der Waals surface area contributed by atoms with E-state index in [1.54, 1.807) is 0 Å². The molecule has 0 bridgehead atoms. The monoisotopic (exact) mass is 358 g/mol. The fraction of sp³-hybridized carbons (Fsp3) is 0.368. The van der Waals surface area contributed by atoms with Crippen LogP contribution in [0.2, 0.25) is 5.02 Å². The van der Waals surface area contributed by atoms with Crippen molar-refractivity contribution in [3.63, 3.8) is 0 Å². The van der Waals surface area contributed by atoms with E-state index in [9.17, 15) is 4.79 Å². The molecule has 1 amide bonds. The Balaban J connectivity index is 1.61. The van der Waals surface area contributed by atoms with Gasteiger partial charge in [-0.05, 0) is 44.1 Å². The molecule has 1 aliphatic heterocycles. The summed E-state index contributed by atoms with van der Waals surface area (Å²) in [6.45, 7) is 0.806. The van der Waals surface area contributed by atoms with Gasteiger partial charge in [0.1, 0.15) is 10.7 Å². The fourth-order valence-electron chi connectivity index (χ4n) is 3.66. The summed E-state index contributed by atoms with van der Waals surface area (Å²) in [5.41, 5.74) is 2.64. The molecule has 0 radical (unpaired) electrons. The van der Waals surface area contributed by atoms with Crippen molar-refractivity contribution in [1.82, 2.24) is 9.88 Å². The number of aromatic nitrogens is 1. The van der Waals surface area contributed by atoms with Crippen LogP contribution in [0.3, 0.4) is 0 Å². The van der Waals surface area contributed by atoms with Crippen molar-refractivity contribution >= 4 is 28.8 Å². The average Bonchev–Trinajstić information content (AvgIpc) is 3.11. The Morgan fingerprint density at radius 2 is 2.08 bits per heavy atom. The zero-order chi connectivity index (χ0) is 16.5. The number of carbonyl (C=O) groups is 1. The molecule has 24 heavy (non-hydrogen) atoms. The Labute approximate surface area is 151 Å². The number of amides is 1. The minimum atomic E-state index is 0.0300. The van der Waals surface area contributed by atoms with E-state index in [-0.39, 0.29) is 5.91 Å². The van der Waals surface area contributed by atoms with Crippen LogP contribution in [0.15, 0.2) is 41.4 Å². The minimum absolute atomic E-state index is 0.0300. The summed E-state index contributed by atoms with van der Waals surface area (Å²) >= 11 is 7.73. The van der Waals surface area contributed by atoms with Gasteiger partial charge in [-0.15, -0.1) is 11.3 Å². The van der Waals surface area contributed by atoms with E-state index < -0.39 is 0 Å². The molecular formula is C19H19ClN2OS. The molecule has 1 atom stereocenters. The second-order valence-corrected chi connectivity index (χ2v) is 7.64. The van der Waals surface area contributed by atoms with Gasteiger partial charge in [-0.3, -0.25) is 4.79 Å². The Morgan fingerprint density at radius 1 is 1.25 bits per heavy atom. The van der Waals surface area contributed by atoms with Gasteiger partial charge in [-0.25, -0.2) is 4.98 Å². The SMILES string of the molecule is O=C(c1csc(-c2ccccc2Cl)n1)N1CCCC2CCCC=C21. The van der Waals surface area contributed by atoms with Gasteiger partial charge in [0.2, 0.25) is 0 Å². The molecule has 0 saturated carbocycles. The van der Waals surface area contributed by atoms with Crippen molar-refractivity contribution in [2.45, 2.75) is 32.1 Å². The van der Waals surface area contributed by atoms with Gasteiger partial charge in [-0.1, -0.05) is 35.9 Å². The first kappa shape index (κ1) is 15.9. The molecule has 2 aliphatic rings. The third-order valence-corrected chi connectivity index (χ3v) is 6.05. The molecule has 1 saturated heterocycles. The Morgan fingerprint density at radius 3 is 2.96 bits per heavy atom. The van der Waals surface area contributed by atoms with Crippen molar-refractivity contribution in [1.29, 1.82) is 0 Å². The fourth-order valence-corrected chi connectivity index (χ4v) is 4.78. The molecular weight excluding hydrogens is 340 g/mol. The maximum absolute atomic E-state index is 13.0. The highest BCUT2D eigenvalue weighted by molar-refractivity contribution is 7.13. The van der Waals surface area contributed by atoms with Gasteiger partial charge in [0.15, 0.2) is 0 Å². The van der Waals surface area contributed by atoms with Crippen LogP contribution in [0, 0.1) is 5.92 Å². The topological polar surface area (TPSA) is 33.2 Å². The second kappa shape index (κ2) is 6.69. The number of carbonyl (C=O) groups excluding carboxylic acids is 1. The maximum atomic E-state index is 13.0. The Bertz CT molecular complexity index is 798. The highest BCUT2D eigenvalue weighted by atomic mass is 35.5. The van der Waals surface area contributed by atoms with E-state index in [1.807, 2.05) is 34.5 Å². The number of hydrogen-bond acceptors (Lipinski definition) is 3. The first-order chi connectivity index (χ1) is 11.7. The number of hydrogen-bond donors (Lipinski definition) is 0. The van der Waals surface area contributed by atoms with Crippen LogP contribution in [-0.2, 0) is 0 Å². The first-order valence-electron chi connectivity index (χ1n) is 8.46. The molecule has 5 heteroatoms. The number of thiazole rings is 1. The lowest BCUT2D eigenvalue weighted by molar-refractivity contribution is 0.0744. The predicted molar refractivity (Wildman–Crippen MR) is 98.3 cm³/mol. The van der Waals surface area contributed by atoms with Gasteiger partial charge in [-0.2, -0.15) is 0 Å².